The van der Waals surface area contributed by atoms with Crippen LogP contribution in [0, 0.1) is 5.92 Å². The van der Waals surface area contributed by atoms with E-state index in [1.807, 2.05) is 19.2 Å². The van der Waals surface area contributed by atoms with Crippen LogP contribution >= 0.6 is 23.2 Å². The summed E-state index contributed by atoms with van der Waals surface area (Å²) in [6, 6.07) is 6.18. The average molecular weight is 244 g/mol. The van der Waals surface area contributed by atoms with Gasteiger partial charge in [0.15, 0.2) is 0 Å². The fourth-order valence-electron chi connectivity index (χ4n) is 1.88. The fraction of sp³-hybridized carbons (Fsp3) is 0.500. The molecular weight excluding hydrogens is 229 g/mol. The second kappa shape index (κ2) is 4.73. The molecule has 1 unspecified atom stereocenters. The number of benzene rings is 1. The lowest BCUT2D eigenvalue weighted by Gasteiger charge is -2.18. The van der Waals surface area contributed by atoms with Crippen LogP contribution in [0.1, 0.15) is 30.9 Å². The largest absolute Gasteiger partial charge is 0.313 e. The molecule has 0 heterocycles. The van der Waals surface area contributed by atoms with Crippen LogP contribution in [0.25, 0.3) is 0 Å². The van der Waals surface area contributed by atoms with E-state index in [0.717, 1.165) is 17.9 Å². The molecule has 0 aromatic heterocycles. The molecule has 1 nitrogen and oxygen atoms in total. The van der Waals surface area contributed by atoms with Crippen LogP contribution in [0.5, 0.6) is 0 Å². The number of hydrogen-bond acceptors (Lipinski definition) is 1. The van der Waals surface area contributed by atoms with Crippen LogP contribution in [0.2, 0.25) is 10.0 Å². The molecule has 0 saturated heterocycles. The maximum atomic E-state index is 6.20. The van der Waals surface area contributed by atoms with Gasteiger partial charge in [0.05, 0.1) is 10.0 Å². The monoisotopic (exact) mass is 243 g/mol. The third-order valence-corrected chi connectivity index (χ3v) is 3.80. The lowest BCUT2D eigenvalue weighted by Crippen LogP contribution is -2.17. The molecule has 0 radical (unpaired) electrons. The summed E-state index contributed by atoms with van der Waals surface area (Å²) in [7, 11) is 1.98. The van der Waals surface area contributed by atoms with Crippen molar-refractivity contribution in [1.29, 1.82) is 0 Å². The van der Waals surface area contributed by atoms with Crippen LogP contribution in [0.15, 0.2) is 18.2 Å². The van der Waals surface area contributed by atoms with Gasteiger partial charge in [-0.15, -0.1) is 0 Å². The Balaban J connectivity index is 2.20. The lowest BCUT2D eigenvalue weighted by molar-refractivity contribution is 0.514. The van der Waals surface area contributed by atoms with Crippen molar-refractivity contribution in [3.63, 3.8) is 0 Å². The second-order valence-electron chi connectivity index (χ2n) is 4.16. The van der Waals surface area contributed by atoms with Gasteiger partial charge in [0.1, 0.15) is 0 Å². The summed E-state index contributed by atoms with van der Waals surface area (Å²) < 4.78 is 0. The quantitative estimate of drug-likeness (QED) is 0.842. The first kappa shape index (κ1) is 11.3. The Kier molecular flexibility index (Phi) is 3.55. The standard InChI is InChI=1S/C12H15Cl2N/c1-15-11(7-8-5-6-8)9-3-2-4-10(13)12(9)14/h2-4,8,11,15H,5-7H2,1H3. The van der Waals surface area contributed by atoms with E-state index in [-0.39, 0.29) is 0 Å². The minimum absolute atomic E-state index is 0.337. The predicted octanol–water partition coefficient (Wildman–Crippen LogP) is 4.05. The Hall–Kier alpha value is -0.240. The minimum atomic E-state index is 0.337. The van der Waals surface area contributed by atoms with Gasteiger partial charge in [-0.3, -0.25) is 0 Å². The molecule has 1 aromatic rings. The number of hydrogen-bond donors (Lipinski definition) is 1. The zero-order valence-electron chi connectivity index (χ0n) is 8.76. The molecule has 1 atom stereocenters. The molecule has 1 N–H and O–H groups in total. The number of halogens is 2. The molecule has 82 valence electrons. The van der Waals surface area contributed by atoms with Gasteiger partial charge in [-0.25, -0.2) is 0 Å². The van der Waals surface area contributed by atoms with E-state index in [1.54, 1.807) is 0 Å². The summed E-state index contributed by atoms with van der Waals surface area (Å²) in [6.07, 6.45) is 3.88. The topological polar surface area (TPSA) is 12.0 Å². The summed E-state index contributed by atoms with van der Waals surface area (Å²) in [5.74, 6) is 0.873. The Labute approximate surface area is 101 Å². The van der Waals surface area contributed by atoms with Crippen molar-refractivity contribution in [3.8, 4) is 0 Å². The predicted molar refractivity (Wildman–Crippen MR) is 65.6 cm³/mol. The molecule has 0 amide bonds. The Morgan fingerprint density at radius 1 is 1.40 bits per heavy atom. The Morgan fingerprint density at radius 3 is 2.73 bits per heavy atom. The molecule has 1 aliphatic carbocycles. The number of nitrogens with one attached hydrogen (secondary N) is 1. The normalized spacial score (nSPS) is 17.8. The van der Waals surface area contributed by atoms with E-state index in [2.05, 4.69) is 11.4 Å². The van der Waals surface area contributed by atoms with Gasteiger partial charge in [-0.2, -0.15) is 0 Å². The minimum Gasteiger partial charge on any atom is -0.313 e. The van der Waals surface area contributed by atoms with Gasteiger partial charge in [-0.1, -0.05) is 48.2 Å². The highest BCUT2D eigenvalue weighted by molar-refractivity contribution is 6.42. The van der Waals surface area contributed by atoms with E-state index in [9.17, 15) is 0 Å². The molecule has 1 fully saturated rings. The summed E-state index contributed by atoms with van der Waals surface area (Å²) >= 11 is 12.2. The van der Waals surface area contributed by atoms with Crippen LogP contribution < -0.4 is 5.32 Å². The van der Waals surface area contributed by atoms with Crippen molar-refractivity contribution in [3.05, 3.63) is 33.8 Å². The smallest absolute Gasteiger partial charge is 0.0640 e. The van der Waals surface area contributed by atoms with Crippen molar-refractivity contribution in [2.24, 2.45) is 5.92 Å². The van der Waals surface area contributed by atoms with Gasteiger partial charge in [0.2, 0.25) is 0 Å². The molecule has 0 bridgehead atoms. The zero-order chi connectivity index (χ0) is 10.8. The van der Waals surface area contributed by atoms with E-state index in [0.29, 0.717) is 16.1 Å². The van der Waals surface area contributed by atoms with Gasteiger partial charge in [0.25, 0.3) is 0 Å². The van der Waals surface area contributed by atoms with Crippen molar-refractivity contribution in [1.82, 2.24) is 5.32 Å². The summed E-state index contributed by atoms with van der Waals surface area (Å²) in [5, 5.41) is 4.65. The first-order valence-corrected chi connectivity index (χ1v) is 6.09. The van der Waals surface area contributed by atoms with Gasteiger partial charge < -0.3 is 5.32 Å². The van der Waals surface area contributed by atoms with E-state index >= 15 is 0 Å². The average Bonchev–Trinajstić information content (AvgIpc) is 3.03. The van der Waals surface area contributed by atoms with Crippen LogP contribution in [-0.2, 0) is 0 Å². The van der Waals surface area contributed by atoms with Gasteiger partial charge >= 0.3 is 0 Å². The number of rotatable bonds is 4. The summed E-state index contributed by atoms with van der Waals surface area (Å²) in [4.78, 5) is 0. The van der Waals surface area contributed by atoms with Crippen LogP contribution in [0.3, 0.4) is 0 Å². The molecule has 0 spiro atoms. The molecule has 15 heavy (non-hydrogen) atoms. The highest BCUT2D eigenvalue weighted by atomic mass is 35.5. The van der Waals surface area contributed by atoms with Crippen molar-refractivity contribution >= 4 is 23.2 Å². The maximum absolute atomic E-state index is 6.20. The van der Waals surface area contributed by atoms with E-state index in [4.69, 9.17) is 23.2 Å². The molecule has 1 saturated carbocycles. The zero-order valence-corrected chi connectivity index (χ0v) is 10.3. The molecule has 1 aromatic carbocycles. The van der Waals surface area contributed by atoms with Crippen LogP contribution in [-0.4, -0.2) is 7.05 Å². The van der Waals surface area contributed by atoms with Gasteiger partial charge in [-0.05, 0) is 31.0 Å². The first-order valence-electron chi connectivity index (χ1n) is 5.33. The van der Waals surface area contributed by atoms with Crippen molar-refractivity contribution < 1.29 is 0 Å². The molecular formula is C12H15Cl2N. The van der Waals surface area contributed by atoms with Crippen LogP contribution in [0.4, 0.5) is 0 Å². The highest BCUT2D eigenvalue weighted by Crippen LogP contribution is 2.40. The summed E-state index contributed by atoms with van der Waals surface area (Å²) in [6.45, 7) is 0. The maximum Gasteiger partial charge on any atom is 0.0640 e. The Bertz CT molecular complexity index is 347. The SMILES string of the molecule is CNC(CC1CC1)c1cccc(Cl)c1Cl. The molecule has 2 rings (SSSR count). The van der Waals surface area contributed by atoms with E-state index in [1.165, 1.54) is 12.8 Å². The fourth-order valence-corrected chi connectivity index (χ4v) is 2.32. The third-order valence-electron chi connectivity index (χ3n) is 2.97. The molecule has 1 aliphatic rings. The third kappa shape index (κ3) is 2.66. The summed E-state index contributed by atoms with van der Waals surface area (Å²) in [5.41, 5.74) is 1.12. The first-order chi connectivity index (χ1) is 7.22. The van der Waals surface area contributed by atoms with E-state index < -0.39 is 0 Å². The van der Waals surface area contributed by atoms with Gasteiger partial charge in [0, 0.05) is 6.04 Å². The highest BCUT2D eigenvalue weighted by Gasteiger charge is 2.26. The van der Waals surface area contributed by atoms with Crippen molar-refractivity contribution in [2.45, 2.75) is 25.3 Å². The second-order valence-corrected chi connectivity index (χ2v) is 4.95. The van der Waals surface area contributed by atoms with Crippen molar-refractivity contribution in [2.75, 3.05) is 7.05 Å². The Morgan fingerprint density at radius 2 is 2.13 bits per heavy atom. The molecule has 3 heteroatoms. The lowest BCUT2D eigenvalue weighted by atomic mass is 10.0. The molecule has 0 aliphatic heterocycles.